The van der Waals surface area contributed by atoms with Gasteiger partial charge in [0.15, 0.2) is 0 Å². The highest BCUT2D eigenvalue weighted by Gasteiger charge is 2.30. The Morgan fingerprint density at radius 1 is 1.45 bits per heavy atom. The first kappa shape index (κ1) is 7.50. The fraction of sp³-hybridized carbons (Fsp3) is 0.875. The van der Waals surface area contributed by atoms with Gasteiger partial charge in [-0.1, -0.05) is 0 Å². The topological polar surface area (TPSA) is 12.5 Å². The van der Waals surface area contributed by atoms with Gasteiger partial charge in [0, 0.05) is 6.54 Å². The number of likely N-dealkylation sites (tertiary alicyclic amines) is 1. The lowest BCUT2D eigenvalue weighted by molar-refractivity contribution is -0.0735. The third-order valence-electron chi connectivity index (χ3n) is 2.38. The van der Waals surface area contributed by atoms with Crippen LogP contribution in [0.2, 0.25) is 0 Å². The van der Waals surface area contributed by atoms with Crippen LogP contribution in [0.15, 0.2) is 0 Å². The second-order valence-electron chi connectivity index (χ2n) is 3.23. The van der Waals surface area contributed by atoms with Gasteiger partial charge in [-0.15, -0.1) is 0 Å². The van der Waals surface area contributed by atoms with Crippen molar-refractivity contribution >= 4 is 0 Å². The maximum absolute atomic E-state index is 12.8. The largest absolute Gasteiger partial charge is 0.378 e. The van der Waals surface area contributed by atoms with E-state index < -0.39 is 6.17 Å². The zero-order valence-corrected chi connectivity index (χ0v) is 6.50. The Hall–Kier alpha value is -0.150. The van der Waals surface area contributed by atoms with E-state index in [2.05, 4.69) is 4.90 Å². The molecule has 0 amide bonds. The highest BCUT2D eigenvalue weighted by Crippen LogP contribution is 2.18. The van der Waals surface area contributed by atoms with Crippen molar-refractivity contribution in [3.63, 3.8) is 0 Å². The molecule has 2 aliphatic heterocycles. The normalized spacial score (nSPS) is 35.2. The Morgan fingerprint density at radius 2 is 2.27 bits per heavy atom. The summed E-state index contributed by atoms with van der Waals surface area (Å²) < 4.78 is 17.9. The molecule has 2 aliphatic rings. The lowest BCUT2D eigenvalue weighted by atomic mass is 10.1. The molecule has 0 aromatic heterocycles. The molecule has 0 aromatic rings. The molecule has 0 bridgehead atoms. The molecule has 2 rings (SSSR count). The maximum atomic E-state index is 12.8. The monoisotopic (exact) mass is 158 g/mol. The Morgan fingerprint density at radius 3 is 2.82 bits per heavy atom. The number of alkyl halides is 1. The van der Waals surface area contributed by atoms with Gasteiger partial charge in [0.2, 0.25) is 0 Å². The van der Waals surface area contributed by atoms with Gasteiger partial charge < -0.3 is 4.74 Å². The zero-order chi connectivity index (χ0) is 7.68. The van der Waals surface area contributed by atoms with Crippen molar-refractivity contribution in [3.05, 3.63) is 6.42 Å². The molecule has 0 saturated carbocycles. The summed E-state index contributed by atoms with van der Waals surface area (Å²) in [5, 5.41) is 0. The summed E-state index contributed by atoms with van der Waals surface area (Å²) in [6, 6.07) is 0.502. The molecular formula is C8H13FNO. The van der Waals surface area contributed by atoms with Crippen molar-refractivity contribution in [1.29, 1.82) is 0 Å². The van der Waals surface area contributed by atoms with E-state index >= 15 is 0 Å². The lowest BCUT2D eigenvalue weighted by Crippen LogP contribution is -2.53. The summed E-state index contributed by atoms with van der Waals surface area (Å²) in [7, 11) is 0. The molecule has 2 fully saturated rings. The van der Waals surface area contributed by atoms with Gasteiger partial charge in [0.1, 0.15) is 6.17 Å². The first-order valence-electron chi connectivity index (χ1n) is 4.15. The third kappa shape index (κ3) is 1.54. The van der Waals surface area contributed by atoms with E-state index in [0.29, 0.717) is 12.6 Å². The predicted molar refractivity (Wildman–Crippen MR) is 40.0 cm³/mol. The lowest BCUT2D eigenvalue weighted by Gasteiger charge is -2.40. The molecule has 1 radical (unpaired) electrons. The molecule has 0 N–H and O–H groups in total. The molecule has 1 unspecified atom stereocenters. The number of piperidine rings is 1. The van der Waals surface area contributed by atoms with Crippen molar-refractivity contribution in [2.45, 2.75) is 18.6 Å². The van der Waals surface area contributed by atoms with Crippen LogP contribution in [0.5, 0.6) is 0 Å². The maximum Gasteiger partial charge on any atom is 0.116 e. The summed E-state index contributed by atoms with van der Waals surface area (Å²) in [4.78, 5) is 2.19. The van der Waals surface area contributed by atoms with Crippen LogP contribution in [0.1, 0.15) is 6.42 Å². The van der Waals surface area contributed by atoms with Gasteiger partial charge in [0.05, 0.1) is 19.3 Å². The van der Waals surface area contributed by atoms with E-state index in [-0.39, 0.29) is 0 Å². The van der Waals surface area contributed by atoms with Gasteiger partial charge >= 0.3 is 0 Å². The van der Waals surface area contributed by atoms with Crippen molar-refractivity contribution in [1.82, 2.24) is 4.90 Å². The molecule has 0 aromatic carbocycles. The Kier molecular flexibility index (Phi) is 2.09. The Bertz CT molecular complexity index is 138. The van der Waals surface area contributed by atoms with Crippen LogP contribution in [-0.4, -0.2) is 43.4 Å². The summed E-state index contributed by atoms with van der Waals surface area (Å²) in [5.74, 6) is 0. The molecular weight excluding hydrogens is 145 g/mol. The van der Waals surface area contributed by atoms with Gasteiger partial charge in [-0.3, -0.25) is 4.90 Å². The Labute approximate surface area is 66.3 Å². The molecule has 2 nitrogen and oxygen atoms in total. The minimum Gasteiger partial charge on any atom is -0.378 e. The van der Waals surface area contributed by atoms with Gasteiger partial charge in [-0.2, -0.15) is 0 Å². The number of ether oxygens (including phenoxy) is 1. The summed E-state index contributed by atoms with van der Waals surface area (Å²) in [6.45, 7) is 3.18. The summed E-state index contributed by atoms with van der Waals surface area (Å²) >= 11 is 0. The van der Waals surface area contributed by atoms with E-state index in [4.69, 9.17) is 4.74 Å². The second kappa shape index (κ2) is 3.07. The third-order valence-corrected chi connectivity index (χ3v) is 2.38. The Balaban J connectivity index is 1.82. The van der Waals surface area contributed by atoms with Crippen molar-refractivity contribution in [3.8, 4) is 0 Å². The fourth-order valence-electron chi connectivity index (χ4n) is 1.58. The average Bonchev–Trinajstić information content (AvgIpc) is 1.83. The number of rotatable bonds is 1. The van der Waals surface area contributed by atoms with E-state index in [1.165, 1.54) is 0 Å². The standard InChI is InChI=1S/C8H13FNO/c9-7-2-1-3-10(4-7)8-5-11-6-8/h2,7-8H,1,3-6H2. The smallest absolute Gasteiger partial charge is 0.116 e. The first-order chi connectivity index (χ1) is 5.36. The van der Waals surface area contributed by atoms with Crippen LogP contribution in [0.25, 0.3) is 0 Å². The van der Waals surface area contributed by atoms with Crippen LogP contribution in [0, 0.1) is 6.42 Å². The van der Waals surface area contributed by atoms with Crippen LogP contribution in [0.4, 0.5) is 4.39 Å². The van der Waals surface area contributed by atoms with Crippen LogP contribution in [0.3, 0.4) is 0 Å². The number of halogens is 1. The van der Waals surface area contributed by atoms with Crippen molar-refractivity contribution in [2.75, 3.05) is 26.3 Å². The molecule has 11 heavy (non-hydrogen) atoms. The number of hydrogen-bond donors (Lipinski definition) is 0. The molecule has 63 valence electrons. The zero-order valence-electron chi connectivity index (χ0n) is 6.50. The fourth-order valence-corrected chi connectivity index (χ4v) is 1.58. The SMILES string of the molecule is FC1[CH]CCN(C2COC2)C1. The summed E-state index contributed by atoms with van der Waals surface area (Å²) in [5.41, 5.74) is 0. The number of nitrogens with zero attached hydrogens (tertiary/aromatic N) is 1. The van der Waals surface area contributed by atoms with Crippen molar-refractivity contribution in [2.24, 2.45) is 0 Å². The first-order valence-corrected chi connectivity index (χ1v) is 4.15. The van der Waals surface area contributed by atoms with Crippen LogP contribution in [-0.2, 0) is 4.74 Å². The molecule has 1 atom stereocenters. The van der Waals surface area contributed by atoms with Crippen LogP contribution < -0.4 is 0 Å². The molecule has 0 spiro atoms. The van der Waals surface area contributed by atoms with E-state index in [9.17, 15) is 4.39 Å². The van der Waals surface area contributed by atoms with E-state index in [0.717, 1.165) is 26.2 Å². The summed E-state index contributed by atoms with van der Waals surface area (Å²) in [6.07, 6.45) is 1.93. The van der Waals surface area contributed by atoms with Gasteiger partial charge in [0.25, 0.3) is 0 Å². The van der Waals surface area contributed by atoms with E-state index in [1.807, 2.05) is 0 Å². The van der Waals surface area contributed by atoms with Gasteiger partial charge in [-0.05, 0) is 19.4 Å². The highest BCUT2D eigenvalue weighted by atomic mass is 19.1. The molecule has 2 saturated heterocycles. The van der Waals surface area contributed by atoms with Crippen LogP contribution >= 0.6 is 0 Å². The second-order valence-corrected chi connectivity index (χ2v) is 3.23. The minimum atomic E-state index is -0.718. The van der Waals surface area contributed by atoms with Crippen molar-refractivity contribution < 1.29 is 9.13 Å². The molecule has 3 heteroatoms. The molecule has 2 heterocycles. The average molecular weight is 158 g/mol. The predicted octanol–water partition coefficient (Wildman–Crippen LogP) is 0.633. The van der Waals surface area contributed by atoms with E-state index in [1.54, 1.807) is 6.42 Å². The minimum absolute atomic E-state index is 0.502. The molecule has 0 aliphatic carbocycles. The quantitative estimate of drug-likeness (QED) is 0.555. The number of hydrogen-bond acceptors (Lipinski definition) is 2. The highest BCUT2D eigenvalue weighted by molar-refractivity contribution is 4.90. The van der Waals surface area contributed by atoms with Gasteiger partial charge in [-0.25, -0.2) is 4.39 Å².